The summed E-state index contributed by atoms with van der Waals surface area (Å²) in [6.07, 6.45) is 4.86. The first-order valence-electron chi connectivity index (χ1n) is 8.88. The standard InChI is InChI=1S/C21H22ClN3OS/c1-3-15(2)25-13-16(19-6-4-5-7-20(19)25)12-23-24-21(26)14-27-18-10-8-17(22)9-11-18/h4-13,15H,3,14H2,1-2H3,(H,24,26)/b23-12-/t15-/m1/s1. The predicted octanol–water partition coefficient (Wildman–Crippen LogP) is 5.51. The maximum atomic E-state index is 12.0. The maximum absolute atomic E-state index is 12.0. The first kappa shape index (κ1) is 19.5. The molecular formula is C21H22ClN3OS. The van der Waals surface area contributed by atoms with Crippen molar-refractivity contribution in [3.63, 3.8) is 0 Å². The Balaban J connectivity index is 1.64. The molecule has 0 aliphatic carbocycles. The van der Waals surface area contributed by atoms with Gasteiger partial charge in [-0.2, -0.15) is 5.10 Å². The average Bonchev–Trinajstić information content (AvgIpc) is 3.06. The van der Waals surface area contributed by atoms with Gasteiger partial charge in [0, 0.05) is 38.6 Å². The Kier molecular flexibility index (Phi) is 6.58. The molecule has 27 heavy (non-hydrogen) atoms. The number of halogens is 1. The lowest BCUT2D eigenvalue weighted by molar-refractivity contribution is -0.118. The number of para-hydroxylation sites is 1. The van der Waals surface area contributed by atoms with Crippen LogP contribution in [0, 0.1) is 0 Å². The zero-order chi connectivity index (χ0) is 19.2. The van der Waals surface area contributed by atoms with Crippen LogP contribution in [-0.4, -0.2) is 22.4 Å². The lowest BCUT2D eigenvalue weighted by Crippen LogP contribution is -2.19. The van der Waals surface area contributed by atoms with Crippen LogP contribution in [0.2, 0.25) is 5.02 Å². The fraction of sp³-hybridized carbons (Fsp3) is 0.238. The fourth-order valence-corrected chi connectivity index (χ4v) is 3.60. The third kappa shape index (κ3) is 4.93. The second-order valence-electron chi connectivity index (χ2n) is 6.30. The van der Waals surface area contributed by atoms with Crippen molar-refractivity contribution >= 4 is 46.4 Å². The van der Waals surface area contributed by atoms with Crippen LogP contribution in [0.25, 0.3) is 10.9 Å². The molecule has 0 spiro atoms. The van der Waals surface area contributed by atoms with E-state index in [0.29, 0.717) is 16.8 Å². The molecule has 4 nitrogen and oxygen atoms in total. The number of rotatable bonds is 7. The SMILES string of the molecule is CC[C@@H](C)n1cc(/C=N\NC(=O)CSc2ccc(Cl)cc2)c2ccccc21. The van der Waals surface area contributed by atoms with Gasteiger partial charge in [0.1, 0.15) is 0 Å². The van der Waals surface area contributed by atoms with Crippen molar-refractivity contribution in [1.82, 2.24) is 9.99 Å². The molecule has 140 valence electrons. The molecule has 1 N–H and O–H groups in total. The fourth-order valence-electron chi connectivity index (χ4n) is 2.78. The van der Waals surface area contributed by atoms with Crippen molar-refractivity contribution < 1.29 is 4.79 Å². The van der Waals surface area contributed by atoms with Crippen molar-refractivity contribution in [1.29, 1.82) is 0 Å². The number of nitrogens with zero attached hydrogens (tertiary/aromatic N) is 2. The van der Waals surface area contributed by atoms with Crippen LogP contribution < -0.4 is 5.43 Å². The normalized spacial score (nSPS) is 12.6. The molecule has 2 aromatic carbocycles. The zero-order valence-corrected chi connectivity index (χ0v) is 16.9. The molecule has 0 bridgehead atoms. The number of hydrogen-bond acceptors (Lipinski definition) is 3. The number of amides is 1. The van der Waals surface area contributed by atoms with E-state index in [9.17, 15) is 4.79 Å². The van der Waals surface area contributed by atoms with Gasteiger partial charge in [0.15, 0.2) is 0 Å². The van der Waals surface area contributed by atoms with Gasteiger partial charge in [-0.05, 0) is 43.7 Å². The van der Waals surface area contributed by atoms with E-state index < -0.39 is 0 Å². The number of hydrogen-bond donors (Lipinski definition) is 1. The van der Waals surface area contributed by atoms with E-state index in [4.69, 9.17) is 11.6 Å². The number of aromatic nitrogens is 1. The van der Waals surface area contributed by atoms with Crippen LogP contribution in [0.1, 0.15) is 31.9 Å². The van der Waals surface area contributed by atoms with Crippen LogP contribution in [0.15, 0.2) is 64.7 Å². The summed E-state index contributed by atoms with van der Waals surface area (Å²) < 4.78 is 2.26. The van der Waals surface area contributed by atoms with Gasteiger partial charge in [-0.1, -0.05) is 36.7 Å². The molecule has 1 amide bonds. The lowest BCUT2D eigenvalue weighted by Gasteiger charge is -2.12. The molecule has 0 radical (unpaired) electrons. The van der Waals surface area contributed by atoms with Gasteiger partial charge in [0.05, 0.1) is 12.0 Å². The minimum Gasteiger partial charge on any atom is -0.344 e. The number of benzene rings is 2. The number of hydrazone groups is 1. The molecule has 0 unspecified atom stereocenters. The van der Waals surface area contributed by atoms with Gasteiger partial charge in [0.2, 0.25) is 5.91 Å². The Hall–Kier alpha value is -2.24. The zero-order valence-electron chi connectivity index (χ0n) is 15.4. The van der Waals surface area contributed by atoms with Crippen molar-refractivity contribution in [3.05, 3.63) is 65.3 Å². The van der Waals surface area contributed by atoms with Gasteiger partial charge in [-0.25, -0.2) is 5.43 Å². The second-order valence-corrected chi connectivity index (χ2v) is 7.79. The third-order valence-electron chi connectivity index (χ3n) is 4.41. The first-order valence-corrected chi connectivity index (χ1v) is 10.2. The minimum atomic E-state index is -0.142. The van der Waals surface area contributed by atoms with E-state index >= 15 is 0 Å². The first-order chi connectivity index (χ1) is 13.1. The Morgan fingerprint density at radius 3 is 2.74 bits per heavy atom. The number of fused-ring (bicyclic) bond motifs is 1. The number of nitrogens with one attached hydrogen (secondary N) is 1. The Morgan fingerprint density at radius 1 is 1.26 bits per heavy atom. The van der Waals surface area contributed by atoms with Crippen LogP contribution in [-0.2, 0) is 4.79 Å². The Morgan fingerprint density at radius 2 is 2.00 bits per heavy atom. The van der Waals surface area contributed by atoms with E-state index in [0.717, 1.165) is 22.3 Å². The molecule has 0 saturated carbocycles. The lowest BCUT2D eigenvalue weighted by atomic mass is 10.2. The maximum Gasteiger partial charge on any atom is 0.250 e. The van der Waals surface area contributed by atoms with E-state index in [1.54, 1.807) is 6.21 Å². The van der Waals surface area contributed by atoms with E-state index in [2.05, 4.69) is 47.3 Å². The average molecular weight is 400 g/mol. The highest BCUT2D eigenvalue weighted by Gasteiger charge is 2.10. The highest BCUT2D eigenvalue weighted by Crippen LogP contribution is 2.25. The topological polar surface area (TPSA) is 46.4 Å². The highest BCUT2D eigenvalue weighted by atomic mass is 35.5. The largest absolute Gasteiger partial charge is 0.344 e. The molecule has 1 aromatic heterocycles. The van der Waals surface area contributed by atoms with Gasteiger partial charge in [-0.15, -0.1) is 11.8 Å². The minimum absolute atomic E-state index is 0.142. The quantitative estimate of drug-likeness (QED) is 0.323. The second kappa shape index (κ2) is 9.11. The molecule has 6 heteroatoms. The summed E-state index contributed by atoms with van der Waals surface area (Å²) in [5.74, 6) is 0.157. The van der Waals surface area contributed by atoms with Crippen LogP contribution in [0.3, 0.4) is 0 Å². The monoisotopic (exact) mass is 399 g/mol. The van der Waals surface area contributed by atoms with Crippen LogP contribution in [0.4, 0.5) is 0 Å². The van der Waals surface area contributed by atoms with Gasteiger partial charge in [0.25, 0.3) is 0 Å². The summed E-state index contributed by atoms with van der Waals surface area (Å²) in [7, 11) is 0. The molecule has 0 fully saturated rings. The smallest absolute Gasteiger partial charge is 0.250 e. The molecule has 1 heterocycles. The summed E-state index contributed by atoms with van der Waals surface area (Å²) in [5.41, 5.74) is 4.78. The Labute approximate surface area is 168 Å². The van der Waals surface area contributed by atoms with E-state index in [-0.39, 0.29) is 5.91 Å². The highest BCUT2D eigenvalue weighted by molar-refractivity contribution is 8.00. The molecule has 3 rings (SSSR count). The van der Waals surface area contributed by atoms with Crippen molar-refractivity contribution in [2.24, 2.45) is 5.10 Å². The van der Waals surface area contributed by atoms with Gasteiger partial charge >= 0.3 is 0 Å². The molecule has 0 saturated heterocycles. The number of thioether (sulfide) groups is 1. The molecule has 0 aliphatic rings. The number of carbonyl (C=O) groups is 1. The third-order valence-corrected chi connectivity index (χ3v) is 5.68. The van der Waals surface area contributed by atoms with E-state index in [1.165, 1.54) is 17.3 Å². The Bertz CT molecular complexity index is 950. The van der Waals surface area contributed by atoms with Crippen molar-refractivity contribution in [3.8, 4) is 0 Å². The van der Waals surface area contributed by atoms with Crippen LogP contribution >= 0.6 is 23.4 Å². The number of carbonyl (C=O) groups excluding carboxylic acids is 1. The molecule has 3 aromatic rings. The van der Waals surface area contributed by atoms with E-state index in [1.807, 2.05) is 36.4 Å². The molecule has 1 atom stereocenters. The predicted molar refractivity (Wildman–Crippen MR) is 115 cm³/mol. The summed E-state index contributed by atoms with van der Waals surface area (Å²) in [5, 5.41) is 5.96. The molecular weight excluding hydrogens is 378 g/mol. The van der Waals surface area contributed by atoms with Crippen LogP contribution in [0.5, 0.6) is 0 Å². The summed E-state index contributed by atoms with van der Waals surface area (Å²) in [4.78, 5) is 13.0. The summed E-state index contributed by atoms with van der Waals surface area (Å²) >= 11 is 7.31. The molecule has 0 aliphatic heterocycles. The summed E-state index contributed by atoms with van der Waals surface area (Å²) in [6.45, 7) is 4.37. The van der Waals surface area contributed by atoms with Gasteiger partial charge < -0.3 is 4.57 Å². The van der Waals surface area contributed by atoms with Crippen molar-refractivity contribution in [2.75, 3.05) is 5.75 Å². The van der Waals surface area contributed by atoms with Crippen molar-refractivity contribution in [2.45, 2.75) is 31.2 Å². The summed E-state index contributed by atoms with van der Waals surface area (Å²) in [6, 6.07) is 16.1. The van der Waals surface area contributed by atoms with Gasteiger partial charge in [-0.3, -0.25) is 4.79 Å².